The minimum atomic E-state index is -4.00. The van der Waals surface area contributed by atoms with Gasteiger partial charge in [-0.05, 0) is 19.1 Å². The first-order valence-electron chi connectivity index (χ1n) is 6.22. The van der Waals surface area contributed by atoms with Crippen molar-refractivity contribution >= 4 is 30.3 Å². The Kier molecular flexibility index (Phi) is 5.13. The van der Waals surface area contributed by atoms with E-state index in [1.807, 2.05) is 31.9 Å². The number of imide groups is 1. The lowest BCUT2D eigenvalue weighted by Gasteiger charge is -2.17. The van der Waals surface area contributed by atoms with Gasteiger partial charge < -0.3 is 4.98 Å². The summed E-state index contributed by atoms with van der Waals surface area (Å²) >= 11 is 0. The van der Waals surface area contributed by atoms with Gasteiger partial charge in [0.1, 0.15) is 8.24 Å². The average Bonchev–Trinajstić information content (AvgIpc) is 2.25. The lowest BCUT2D eigenvalue weighted by Crippen LogP contribution is -2.53. The molecule has 0 saturated carbocycles. The topological polar surface area (TPSA) is 104 Å². The van der Waals surface area contributed by atoms with E-state index in [1.54, 1.807) is 16.9 Å². The second kappa shape index (κ2) is 6.27. The third-order valence-electron chi connectivity index (χ3n) is 2.27. The SMILES string of the molecule is Cc1ccc(S(=O)(=O)NC(=O)NC(=O)N[Si](C)(C)C)cc1. The molecule has 1 aromatic carbocycles. The summed E-state index contributed by atoms with van der Waals surface area (Å²) in [6.45, 7) is 7.42. The van der Waals surface area contributed by atoms with E-state index in [2.05, 4.69) is 4.98 Å². The Morgan fingerprint density at radius 2 is 1.52 bits per heavy atom. The molecule has 116 valence electrons. The summed E-state index contributed by atoms with van der Waals surface area (Å²) in [6, 6.07) is 4.19. The fraction of sp³-hybridized carbons (Fsp3) is 0.333. The van der Waals surface area contributed by atoms with Crippen LogP contribution in [0.2, 0.25) is 19.6 Å². The number of carbonyl (C=O) groups is 2. The fourth-order valence-corrected chi connectivity index (χ4v) is 3.05. The zero-order chi connectivity index (χ0) is 16.3. The van der Waals surface area contributed by atoms with Gasteiger partial charge in [0.25, 0.3) is 10.0 Å². The second-order valence-electron chi connectivity index (χ2n) is 5.58. The predicted molar refractivity (Wildman–Crippen MR) is 81.9 cm³/mol. The van der Waals surface area contributed by atoms with E-state index in [-0.39, 0.29) is 4.90 Å². The minimum Gasteiger partial charge on any atom is -0.365 e. The normalized spacial score (nSPS) is 11.6. The van der Waals surface area contributed by atoms with Crippen molar-refractivity contribution < 1.29 is 18.0 Å². The van der Waals surface area contributed by atoms with E-state index >= 15 is 0 Å². The predicted octanol–water partition coefficient (Wildman–Crippen LogP) is 1.53. The smallest absolute Gasteiger partial charge is 0.336 e. The van der Waals surface area contributed by atoms with Crippen LogP contribution in [0.4, 0.5) is 9.59 Å². The molecule has 0 aromatic heterocycles. The van der Waals surface area contributed by atoms with E-state index < -0.39 is 30.3 Å². The molecule has 0 heterocycles. The first-order chi connectivity index (χ1) is 9.49. The Morgan fingerprint density at radius 3 is 2.00 bits per heavy atom. The molecule has 0 aliphatic heterocycles. The molecule has 0 aliphatic rings. The van der Waals surface area contributed by atoms with Crippen LogP contribution in [0.15, 0.2) is 29.2 Å². The third kappa shape index (κ3) is 5.96. The monoisotopic (exact) mass is 329 g/mol. The molecule has 1 aromatic rings. The Balaban J connectivity index is 2.70. The quantitative estimate of drug-likeness (QED) is 0.731. The first kappa shape index (κ1) is 17.2. The third-order valence-corrected chi connectivity index (χ3v) is 4.60. The molecule has 21 heavy (non-hydrogen) atoms. The highest BCUT2D eigenvalue weighted by Crippen LogP contribution is 2.09. The number of benzene rings is 1. The van der Waals surface area contributed by atoms with Crippen LogP contribution in [0.1, 0.15) is 5.56 Å². The summed E-state index contributed by atoms with van der Waals surface area (Å²) in [4.78, 5) is 25.6. The molecule has 0 radical (unpaired) electrons. The molecule has 0 saturated heterocycles. The average molecular weight is 329 g/mol. The van der Waals surface area contributed by atoms with Gasteiger partial charge in [0.05, 0.1) is 4.90 Å². The van der Waals surface area contributed by atoms with E-state index in [9.17, 15) is 18.0 Å². The van der Waals surface area contributed by atoms with Crippen molar-refractivity contribution in [1.29, 1.82) is 0 Å². The van der Waals surface area contributed by atoms with E-state index in [4.69, 9.17) is 0 Å². The van der Waals surface area contributed by atoms with Gasteiger partial charge in [-0.1, -0.05) is 37.3 Å². The van der Waals surface area contributed by atoms with Gasteiger partial charge in [-0.2, -0.15) is 0 Å². The molecule has 3 N–H and O–H groups in total. The van der Waals surface area contributed by atoms with Crippen molar-refractivity contribution in [2.24, 2.45) is 0 Å². The van der Waals surface area contributed by atoms with Crippen LogP contribution in [0.5, 0.6) is 0 Å². The molecule has 0 bridgehead atoms. The van der Waals surface area contributed by atoms with Gasteiger partial charge >= 0.3 is 12.1 Å². The van der Waals surface area contributed by atoms with Crippen LogP contribution in [-0.4, -0.2) is 28.7 Å². The zero-order valence-electron chi connectivity index (χ0n) is 12.4. The summed E-state index contributed by atoms with van der Waals surface area (Å²) in [5, 5.41) is 1.93. The number of hydrogen-bond donors (Lipinski definition) is 3. The number of carbonyl (C=O) groups excluding carboxylic acids is 2. The summed E-state index contributed by atoms with van der Waals surface area (Å²) in [5.41, 5.74) is 0.896. The van der Waals surface area contributed by atoms with Crippen LogP contribution in [0, 0.1) is 6.92 Å². The van der Waals surface area contributed by atoms with Gasteiger partial charge in [-0.15, -0.1) is 0 Å². The van der Waals surface area contributed by atoms with Gasteiger partial charge in [-0.25, -0.2) is 22.7 Å². The van der Waals surface area contributed by atoms with Crippen molar-refractivity contribution in [3.8, 4) is 0 Å². The molecular formula is C12H19N3O4SSi. The number of rotatable bonds is 3. The van der Waals surface area contributed by atoms with Gasteiger partial charge in [0.2, 0.25) is 0 Å². The molecule has 0 aliphatic carbocycles. The minimum absolute atomic E-state index is 0.0474. The fourth-order valence-electron chi connectivity index (χ4n) is 1.40. The summed E-state index contributed by atoms with van der Waals surface area (Å²) in [7, 11) is -5.90. The lowest BCUT2D eigenvalue weighted by molar-refractivity contribution is 0.233. The number of nitrogens with one attached hydrogen (secondary N) is 3. The molecule has 0 fully saturated rings. The van der Waals surface area contributed by atoms with Crippen molar-refractivity contribution in [1.82, 2.24) is 15.0 Å². The molecular weight excluding hydrogens is 310 g/mol. The van der Waals surface area contributed by atoms with Gasteiger partial charge in [0.15, 0.2) is 0 Å². The van der Waals surface area contributed by atoms with E-state index in [0.29, 0.717) is 0 Å². The Labute approximate surface area is 125 Å². The number of aryl methyl sites for hydroxylation is 1. The van der Waals surface area contributed by atoms with E-state index in [1.165, 1.54) is 12.1 Å². The summed E-state index contributed by atoms with van der Waals surface area (Å²) in [6.07, 6.45) is 0. The van der Waals surface area contributed by atoms with Crippen molar-refractivity contribution in [2.45, 2.75) is 31.5 Å². The highest BCUT2D eigenvalue weighted by Gasteiger charge is 2.21. The molecule has 4 amide bonds. The van der Waals surface area contributed by atoms with Crippen molar-refractivity contribution in [3.63, 3.8) is 0 Å². The largest absolute Gasteiger partial charge is 0.365 e. The number of sulfonamides is 1. The maximum absolute atomic E-state index is 11.9. The molecule has 0 spiro atoms. The van der Waals surface area contributed by atoms with Crippen LogP contribution in [0.3, 0.4) is 0 Å². The lowest BCUT2D eigenvalue weighted by atomic mass is 10.2. The maximum Gasteiger partial charge on any atom is 0.336 e. The van der Waals surface area contributed by atoms with Crippen LogP contribution < -0.4 is 15.0 Å². The maximum atomic E-state index is 11.9. The first-order valence-corrected chi connectivity index (χ1v) is 11.2. The van der Waals surface area contributed by atoms with E-state index in [0.717, 1.165) is 5.56 Å². The van der Waals surface area contributed by atoms with Crippen LogP contribution >= 0.6 is 0 Å². The highest BCUT2D eigenvalue weighted by atomic mass is 32.2. The summed E-state index contributed by atoms with van der Waals surface area (Å²) < 4.78 is 25.6. The van der Waals surface area contributed by atoms with Gasteiger partial charge in [-0.3, -0.25) is 5.32 Å². The Hall–Kier alpha value is -1.87. The molecule has 1 rings (SSSR count). The van der Waals surface area contributed by atoms with Crippen molar-refractivity contribution in [3.05, 3.63) is 29.8 Å². The summed E-state index contributed by atoms with van der Waals surface area (Å²) in [5.74, 6) is 0. The highest BCUT2D eigenvalue weighted by molar-refractivity contribution is 7.90. The zero-order valence-corrected chi connectivity index (χ0v) is 14.2. The molecule has 0 unspecified atom stereocenters. The van der Waals surface area contributed by atoms with Crippen molar-refractivity contribution in [2.75, 3.05) is 0 Å². The molecule has 7 nitrogen and oxygen atoms in total. The standard InChI is InChI=1S/C12H19N3O4SSi/c1-9-5-7-10(8-6-9)20(18,19)14-11(16)13-12(17)15-21(2,3)4/h5-8H,1-4H3,(H3,13,14,15,16,17). The Morgan fingerprint density at radius 1 is 1.00 bits per heavy atom. The van der Waals surface area contributed by atoms with Crippen LogP contribution in [-0.2, 0) is 10.0 Å². The van der Waals surface area contributed by atoms with Crippen LogP contribution in [0.25, 0.3) is 0 Å². The number of hydrogen-bond acceptors (Lipinski definition) is 4. The van der Waals surface area contributed by atoms with Gasteiger partial charge in [0, 0.05) is 0 Å². The number of amides is 4. The molecule has 9 heteroatoms. The Bertz CT molecular complexity index is 635. The number of urea groups is 2. The molecule has 0 atom stereocenters. The second-order valence-corrected chi connectivity index (χ2v) is 12.0.